The maximum atomic E-state index is 13.2. The van der Waals surface area contributed by atoms with E-state index in [4.69, 9.17) is 11.6 Å². The van der Waals surface area contributed by atoms with Gasteiger partial charge in [-0.1, -0.05) is 35.4 Å². The van der Waals surface area contributed by atoms with E-state index in [1.165, 1.54) is 17.7 Å². The van der Waals surface area contributed by atoms with Crippen LogP contribution in [0.25, 0.3) is 0 Å². The summed E-state index contributed by atoms with van der Waals surface area (Å²) in [6.07, 6.45) is 0. The fraction of sp³-hybridized carbons (Fsp3) is 0.409. The van der Waals surface area contributed by atoms with Crippen LogP contribution in [0.1, 0.15) is 22.3 Å². The number of anilines is 1. The van der Waals surface area contributed by atoms with E-state index in [1.807, 2.05) is 13.8 Å². The topological polar surface area (TPSA) is 35.6 Å². The van der Waals surface area contributed by atoms with Crippen LogP contribution < -0.4 is 5.32 Å². The highest BCUT2D eigenvalue weighted by Gasteiger charge is 2.20. The molecule has 1 aliphatic heterocycles. The zero-order valence-electron chi connectivity index (χ0n) is 16.7. The summed E-state index contributed by atoms with van der Waals surface area (Å²) in [6, 6.07) is 8.71. The van der Waals surface area contributed by atoms with Gasteiger partial charge in [0.1, 0.15) is 5.82 Å². The van der Waals surface area contributed by atoms with Crippen molar-refractivity contribution in [3.8, 4) is 0 Å². The number of rotatable bonds is 5. The van der Waals surface area contributed by atoms with Crippen molar-refractivity contribution in [3.05, 3.63) is 63.4 Å². The highest BCUT2D eigenvalue weighted by Crippen LogP contribution is 2.22. The van der Waals surface area contributed by atoms with E-state index in [0.717, 1.165) is 48.6 Å². The van der Waals surface area contributed by atoms with Crippen LogP contribution >= 0.6 is 11.6 Å². The molecule has 0 atom stereocenters. The maximum Gasteiger partial charge on any atom is 0.238 e. The van der Waals surface area contributed by atoms with E-state index >= 15 is 0 Å². The lowest BCUT2D eigenvalue weighted by Crippen LogP contribution is -2.48. The summed E-state index contributed by atoms with van der Waals surface area (Å²) in [7, 11) is 0. The van der Waals surface area contributed by atoms with Crippen molar-refractivity contribution in [2.45, 2.75) is 27.3 Å². The second-order valence-corrected chi connectivity index (χ2v) is 8.02. The summed E-state index contributed by atoms with van der Waals surface area (Å²) in [6.45, 7) is 10.5. The highest BCUT2D eigenvalue weighted by atomic mass is 35.5. The average Bonchev–Trinajstić information content (AvgIpc) is 2.62. The van der Waals surface area contributed by atoms with E-state index in [0.29, 0.717) is 18.1 Å². The Morgan fingerprint density at radius 2 is 1.64 bits per heavy atom. The van der Waals surface area contributed by atoms with Gasteiger partial charge in [-0.2, -0.15) is 0 Å². The van der Waals surface area contributed by atoms with Crippen molar-refractivity contribution in [3.63, 3.8) is 0 Å². The van der Waals surface area contributed by atoms with Gasteiger partial charge in [0.25, 0.3) is 0 Å². The number of hydrogen-bond donors (Lipinski definition) is 1. The van der Waals surface area contributed by atoms with E-state index in [9.17, 15) is 9.18 Å². The molecule has 1 saturated heterocycles. The monoisotopic (exact) mass is 403 g/mol. The van der Waals surface area contributed by atoms with Crippen molar-refractivity contribution < 1.29 is 9.18 Å². The predicted molar refractivity (Wildman–Crippen MR) is 112 cm³/mol. The van der Waals surface area contributed by atoms with Gasteiger partial charge in [-0.25, -0.2) is 4.39 Å². The zero-order valence-corrected chi connectivity index (χ0v) is 17.4. The van der Waals surface area contributed by atoms with Crippen LogP contribution in [0.4, 0.5) is 10.1 Å². The number of carbonyl (C=O) groups is 1. The number of carbonyl (C=O) groups excluding carboxylic acids is 1. The Hall–Kier alpha value is -1.95. The molecule has 0 aromatic heterocycles. The Balaban J connectivity index is 1.49. The number of aryl methyl sites for hydroxylation is 3. The molecule has 6 heteroatoms. The minimum Gasteiger partial charge on any atom is -0.324 e. The third-order valence-corrected chi connectivity index (χ3v) is 5.53. The van der Waals surface area contributed by atoms with Crippen LogP contribution in [0, 0.1) is 26.6 Å². The molecule has 2 aromatic carbocycles. The van der Waals surface area contributed by atoms with Crippen LogP contribution in [0.3, 0.4) is 0 Å². The van der Waals surface area contributed by atoms with E-state index < -0.39 is 0 Å². The molecular weight excluding hydrogens is 377 g/mol. The SMILES string of the molecule is Cc1cc(C)c(NC(=O)CN2CCN(Cc3ccc(F)cc3Cl)CC2)c(C)c1. The lowest BCUT2D eigenvalue weighted by atomic mass is 10.1. The number of amides is 1. The first kappa shape index (κ1) is 20.8. The quantitative estimate of drug-likeness (QED) is 0.814. The van der Waals surface area contributed by atoms with Crippen LogP contribution in [-0.4, -0.2) is 48.4 Å². The molecule has 0 bridgehead atoms. The van der Waals surface area contributed by atoms with Crippen molar-refractivity contribution in [2.75, 3.05) is 38.0 Å². The lowest BCUT2D eigenvalue weighted by Gasteiger charge is -2.34. The molecule has 150 valence electrons. The third kappa shape index (κ3) is 5.31. The van der Waals surface area contributed by atoms with Crippen LogP contribution in [0.5, 0.6) is 0 Å². The van der Waals surface area contributed by atoms with Crippen LogP contribution in [0.2, 0.25) is 5.02 Å². The first-order valence-corrected chi connectivity index (χ1v) is 9.96. The number of halogens is 2. The summed E-state index contributed by atoms with van der Waals surface area (Å²) < 4.78 is 13.2. The second-order valence-electron chi connectivity index (χ2n) is 7.61. The maximum absolute atomic E-state index is 13.2. The van der Waals surface area contributed by atoms with Crippen LogP contribution in [0.15, 0.2) is 30.3 Å². The molecule has 0 radical (unpaired) electrons. The summed E-state index contributed by atoms with van der Waals surface area (Å²) in [4.78, 5) is 16.9. The predicted octanol–water partition coefficient (Wildman–Crippen LogP) is 4.16. The summed E-state index contributed by atoms with van der Waals surface area (Å²) in [5.74, 6) is -0.297. The molecule has 0 spiro atoms. The molecule has 0 unspecified atom stereocenters. The molecule has 3 rings (SSSR count). The smallest absolute Gasteiger partial charge is 0.238 e. The molecule has 1 heterocycles. The Morgan fingerprint density at radius 1 is 1.04 bits per heavy atom. The van der Waals surface area contributed by atoms with Gasteiger partial charge in [0.2, 0.25) is 5.91 Å². The fourth-order valence-electron chi connectivity index (χ4n) is 3.76. The molecule has 0 saturated carbocycles. The Labute approximate surface area is 171 Å². The molecule has 4 nitrogen and oxygen atoms in total. The Morgan fingerprint density at radius 3 is 2.25 bits per heavy atom. The standard InChI is InChI=1S/C22H27ClFN3O/c1-15-10-16(2)22(17(3)11-15)25-21(28)14-27-8-6-26(7-9-27)13-18-4-5-19(24)12-20(18)23/h4-5,10-12H,6-9,13-14H2,1-3H3,(H,25,28). The number of benzene rings is 2. The van der Waals surface area contributed by atoms with Crippen molar-refractivity contribution in [1.82, 2.24) is 9.80 Å². The Kier molecular flexibility index (Phi) is 6.70. The summed E-state index contributed by atoms with van der Waals surface area (Å²) >= 11 is 6.13. The largest absolute Gasteiger partial charge is 0.324 e. The van der Waals surface area contributed by atoms with Gasteiger partial charge in [-0.15, -0.1) is 0 Å². The first-order chi connectivity index (χ1) is 13.3. The van der Waals surface area contributed by atoms with Gasteiger partial charge in [0.05, 0.1) is 6.54 Å². The third-order valence-electron chi connectivity index (χ3n) is 5.18. The fourth-order valence-corrected chi connectivity index (χ4v) is 3.98. The van der Waals surface area contributed by atoms with Crippen LogP contribution in [-0.2, 0) is 11.3 Å². The average molecular weight is 404 g/mol. The zero-order chi connectivity index (χ0) is 20.3. The van der Waals surface area contributed by atoms with E-state index in [-0.39, 0.29) is 11.7 Å². The minimum atomic E-state index is -0.316. The molecule has 1 N–H and O–H groups in total. The molecule has 1 aliphatic rings. The summed E-state index contributed by atoms with van der Waals surface area (Å²) in [5, 5.41) is 3.53. The molecule has 0 aliphatic carbocycles. The first-order valence-electron chi connectivity index (χ1n) is 9.58. The lowest BCUT2D eigenvalue weighted by molar-refractivity contribution is -0.117. The molecular formula is C22H27ClFN3O. The second kappa shape index (κ2) is 9.03. The van der Waals surface area contributed by atoms with Gasteiger partial charge in [0, 0.05) is 43.4 Å². The highest BCUT2D eigenvalue weighted by molar-refractivity contribution is 6.31. The number of piperazine rings is 1. The molecule has 28 heavy (non-hydrogen) atoms. The van der Waals surface area contributed by atoms with Crippen molar-refractivity contribution in [2.24, 2.45) is 0 Å². The van der Waals surface area contributed by atoms with Gasteiger partial charge in [-0.3, -0.25) is 14.6 Å². The minimum absolute atomic E-state index is 0.0186. The van der Waals surface area contributed by atoms with Crippen molar-refractivity contribution in [1.29, 1.82) is 0 Å². The van der Waals surface area contributed by atoms with E-state index in [1.54, 1.807) is 6.07 Å². The normalized spacial score (nSPS) is 15.6. The molecule has 1 amide bonds. The summed E-state index contributed by atoms with van der Waals surface area (Å²) in [5.41, 5.74) is 5.23. The van der Waals surface area contributed by atoms with Gasteiger partial charge in [-0.05, 0) is 49.6 Å². The van der Waals surface area contributed by atoms with E-state index in [2.05, 4.69) is 34.2 Å². The number of hydrogen-bond acceptors (Lipinski definition) is 3. The van der Waals surface area contributed by atoms with Crippen molar-refractivity contribution >= 4 is 23.2 Å². The van der Waals surface area contributed by atoms with Gasteiger partial charge < -0.3 is 5.32 Å². The van der Waals surface area contributed by atoms with Gasteiger partial charge in [0.15, 0.2) is 0 Å². The number of nitrogens with one attached hydrogen (secondary N) is 1. The Bertz CT molecular complexity index is 840. The number of nitrogens with zero attached hydrogens (tertiary/aromatic N) is 2. The van der Waals surface area contributed by atoms with Gasteiger partial charge >= 0.3 is 0 Å². The molecule has 1 fully saturated rings. The molecule has 2 aromatic rings.